The number of nitrogens with one attached hydrogen (secondary N) is 1. The fraction of sp³-hybridized carbons (Fsp3) is 0.458. The summed E-state index contributed by atoms with van der Waals surface area (Å²) >= 11 is 0. The van der Waals surface area contributed by atoms with Gasteiger partial charge in [0.1, 0.15) is 0 Å². The van der Waals surface area contributed by atoms with Gasteiger partial charge in [0.15, 0.2) is 0 Å². The van der Waals surface area contributed by atoms with Crippen molar-refractivity contribution in [3.05, 3.63) is 65.2 Å². The van der Waals surface area contributed by atoms with Gasteiger partial charge in [-0.3, -0.25) is 9.10 Å². The molecule has 9 heteroatoms. The number of halogens is 3. The number of hydrogen-bond acceptors (Lipinski definition) is 3. The van der Waals surface area contributed by atoms with Crippen molar-refractivity contribution >= 4 is 21.6 Å². The Hall–Kier alpha value is -2.55. The van der Waals surface area contributed by atoms with Crippen molar-refractivity contribution in [1.29, 1.82) is 0 Å². The molecule has 5 nitrogen and oxygen atoms in total. The van der Waals surface area contributed by atoms with Crippen LogP contribution < -0.4 is 9.62 Å². The molecule has 0 aliphatic carbocycles. The van der Waals surface area contributed by atoms with Crippen molar-refractivity contribution in [2.45, 2.75) is 59.3 Å². The second-order valence-electron chi connectivity index (χ2n) is 10.1. The normalized spacial score (nSPS) is 13.0. The molecule has 0 spiro atoms. The van der Waals surface area contributed by atoms with Gasteiger partial charge in [-0.2, -0.15) is 13.2 Å². The lowest BCUT2D eigenvalue weighted by Gasteiger charge is -2.33. The Balaban J connectivity index is 2.23. The van der Waals surface area contributed by atoms with Crippen molar-refractivity contribution in [2.75, 3.05) is 10.6 Å². The monoisotopic (exact) mass is 484 g/mol. The van der Waals surface area contributed by atoms with Crippen LogP contribution in [0.5, 0.6) is 0 Å². The number of carbonyl (C=O) groups is 1. The van der Waals surface area contributed by atoms with Gasteiger partial charge >= 0.3 is 6.18 Å². The third-order valence-corrected chi connectivity index (χ3v) is 5.97. The first-order valence-corrected chi connectivity index (χ1v) is 12.3. The highest BCUT2D eigenvalue weighted by molar-refractivity contribution is 7.92. The van der Waals surface area contributed by atoms with Gasteiger partial charge in [-0.25, -0.2) is 8.42 Å². The molecule has 0 saturated heterocycles. The number of alkyl halides is 3. The summed E-state index contributed by atoms with van der Waals surface area (Å²) in [7, 11) is -3.86. The molecule has 2 aromatic rings. The molecule has 1 N–H and O–H groups in total. The maximum absolute atomic E-state index is 13.1. The van der Waals surface area contributed by atoms with Gasteiger partial charge in [-0.15, -0.1) is 0 Å². The standard InChI is InChI=1S/C24H31F3N2O3S/c1-22(2,3)16-23(4,5)28-21(30)18-12-10-17(11-13-18)15-29(33(6,31)32)20-9-7-8-19(14-20)24(25,26)27/h7-14H,15-16H2,1-6H3,(H,28,30). The van der Waals surface area contributed by atoms with Crippen molar-refractivity contribution in [3.8, 4) is 0 Å². The van der Waals surface area contributed by atoms with Gasteiger partial charge in [0, 0.05) is 11.1 Å². The zero-order valence-corrected chi connectivity index (χ0v) is 20.6. The van der Waals surface area contributed by atoms with E-state index in [0.29, 0.717) is 11.1 Å². The maximum Gasteiger partial charge on any atom is 0.416 e. The minimum absolute atomic E-state index is 0.0269. The van der Waals surface area contributed by atoms with E-state index in [1.165, 1.54) is 12.1 Å². The van der Waals surface area contributed by atoms with E-state index in [-0.39, 0.29) is 23.6 Å². The summed E-state index contributed by atoms with van der Waals surface area (Å²) < 4.78 is 64.8. The number of hydrogen-bond donors (Lipinski definition) is 1. The van der Waals surface area contributed by atoms with E-state index in [2.05, 4.69) is 26.1 Å². The molecule has 2 rings (SSSR count). The highest BCUT2D eigenvalue weighted by atomic mass is 32.2. The van der Waals surface area contributed by atoms with E-state index in [1.807, 2.05) is 13.8 Å². The number of benzene rings is 2. The summed E-state index contributed by atoms with van der Waals surface area (Å²) in [6, 6.07) is 10.5. The van der Waals surface area contributed by atoms with Gasteiger partial charge in [0.05, 0.1) is 24.1 Å². The Labute approximate surface area is 194 Å². The lowest BCUT2D eigenvalue weighted by atomic mass is 9.81. The third-order valence-electron chi connectivity index (χ3n) is 4.83. The number of amides is 1. The SMILES string of the molecule is CC(C)(C)CC(C)(C)NC(=O)c1ccc(CN(c2cccc(C(F)(F)F)c2)S(C)(=O)=O)cc1. The van der Waals surface area contributed by atoms with E-state index in [0.717, 1.165) is 29.1 Å². The van der Waals surface area contributed by atoms with Crippen LogP contribution in [0.2, 0.25) is 0 Å². The van der Waals surface area contributed by atoms with Crippen molar-refractivity contribution in [3.63, 3.8) is 0 Å². The van der Waals surface area contributed by atoms with Crippen LogP contribution in [0.25, 0.3) is 0 Å². The molecule has 1 amide bonds. The second kappa shape index (κ2) is 9.37. The molecular formula is C24H31F3N2O3S. The molecule has 0 atom stereocenters. The number of anilines is 1. The molecule has 0 fully saturated rings. The average Bonchev–Trinajstić information content (AvgIpc) is 2.62. The Bertz CT molecular complexity index is 1090. The summed E-state index contributed by atoms with van der Waals surface area (Å²) in [5.41, 5.74) is -0.477. The molecule has 182 valence electrons. The zero-order valence-electron chi connectivity index (χ0n) is 19.7. The van der Waals surface area contributed by atoms with Crippen molar-refractivity contribution < 1.29 is 26.4 Å². The lowest BCUT2D eigenvalue weighted by molar-refractivity contribution is -0.137. The Morgan fingerprint density at radius 1 is 0.970 bits per heavy atom. The average molecular weight is 485 g/mol. The fourth-order valence-electron chi connectivity index (χ4n) is 3.91. The zero-order chi connectivity index (χ0) is 25.2. The van der Waals surface area contributed by atoms with Crippen LogP contribution in [0.3, 0.4) is 0 Å². The molecule has 0 aromatic heterocycles. The Morgan fingerprint density at radius 3 is 2.03 bits per heavy atom. The molecule has 0 saturated carbocycles. The maximum atomic E-state index is 13.1. The Morgan fingerprint density at radius 2 is 1.55 bits per heavy atom. The van der Waals surface area contributed by atoms with Gasteiger partial charge in [-0.05, 0) is 61.6 Å². The first-order chi connectivity index (χ1) is 14.9. The topological polar surface area (TPSA) is 66.5 Å². The van der Waals surface area contributed by atoms with Crippen LogP contribution in [-0.4, -0.2) is 26.1 Å². The minimum Gasteiger partial charge on any atom is -0.347 e. The number of rotatable bonds is 7. The summed E-state index contributed by atoms with van der Waals surface area (Å²) in [5.74, 6) is -0.256. The summed E-state index contributed by atoms with van der Waals surface area (Å²) in [6.07, 6.45) is -2.88. The number of carbonyl (C=O) groups excluding carboxylic acids is 1. The van der Waals surface area contributed by atoms with Gasteiger partial charge in [0.2, 0.25) is 10.0 Å². The van der Waals surface area contributed by atoms with E-state index >= 15 is 0 Å². The highest BCUT2D eigenvalue weighted by Crippen LogP contribution is 2.33. The van der Waals surface area contributed by atoms with E-state index in [4.69, 9.17) is 0 Å². The molecule has 0 aliphatic rings. The number of sulfonamides is 1. The molecule has 2 aromatic carbocycles. The molecular weight excluding hydrogens is 453 g/mol. The first-order valence-electron chi connectivity index (χ1n) is 10.4. The predicted octanol–water partition coefficient (Wildman–Crippen LogP) is 5.62. The highest BCUT2D eigenvalue weighted by Gasteiger charge is 2.32. The Kier molecular flexibility index (Phi) is 7.58. The predicted molar refractivity (Wildman–Crippen MR) is 125 cm³/mol. The third kappa shape index (κ3) is 8.07. The van der Waals surface area contributed by atoms with Gasteiger partial charge in [0.25, 0.3) is 5.91 Å². The van der Waals surface area contributed by atoms with E-state index in [1.54, 1.807) is 24.3 Å². The van der Waals surface area contributed by atoms with Crippen molar-refractivity contribution in [2.24, 2.45) is 5.41 Å². The first kappa shape index (κ1) is 26.7. The molecule has 33 heavy (non-hydrogen) atoms. The molecule has 0 heterocycles. The summed E-state index contributed by atoms with van der Waals surface area (Å²) in [4.78, 5) is 12.7. The van der Waals surface area contributed by atoms with E-state index in [9.17, 15) is 26.4 Å². The largest absolute Gasteiger partial charge is 0.416 e. The van der Waals surface area contributed by atoms with Crippen LogP contribution in [0.15, 0.2) is 48.5 Å². The van der Waals surface area contributed by atoms with Crippen LogP contribution in [0.1, 0.15) is 62.5 Å². The van der Waals surface area contributed by atoms with E-state index < -0.39 is 27.3 Å². The molecule has 0 unspecified atom stereocenters. The second-order valence-corrected chi connectivity index (χ2v) is 12.0. The molecule has 0 bridgehead atoms. The lowest BCUT2D eigenvalue weighted by Crippen LogP contribution is -2.45. The van der Waals surface area contributed by atoms with Crippen LogP contribution >= 0.6 is 0 Å². The van der Waals surface area contributed by atoms with Crippen LogP contribution in [-0.2, 0) is 22.7 Å². The summed E-state index contributed by atoms with van der Waals surface area (Å²) in [5, 5.41) is 3.01. The number of nitrogens with zero attached hydrogens (tertiary/aromatic N) is 1. The molecule has 0 radical (unpaired) electrons. The van der Waals surface area contributed by atoms with Crippen LogP contribution in [0.4, 0.5) is 18.9 Å². The van der Waals surface area contributed by atoms with Crippen molar-refractivity contribution in [1.82, 2.24) is 5.32 Å². The quantitative estimate of drug-likeness (QED) is 0.555. The summed E-state index contributed by atoms with van der Waals surface area (Å²) in [6.45, 7) is 10.00. The fourth-order valence-corrected chi connectivity index (χ4v) is 4.79. The van der Waals surface area contributed by atoms with Crippen LogP contribution in [0, 0.1) is 5.41 Å². The van der Waals surface area contributed by atoms with Gasteiger partial charge < -0.3 is 5.32 Å². The molecule has 0 aliphatic heterocycles. The minimum atomic E-state index is -4.59. The smallest absolute Gasteiger partial charge is 0.347 e. The van der Waals surface area contributed by atoms with Gasteiger partial charge in [-0.1, -0.05) is 39.0 Å².